The summed E-state index contributed by atoms with van der Waals surface area (Å²) in [6, 6.07) is 13.1. The molecule has 1 amide bonds. The average Bonchev–Trinajstić information content (AvgIpc) is 2.47. The molecule has 6 heteroatoms. The van der Waals surface area contributed by atoms with Crippen molar-refractivity contribution in [1.82, 2.24) is 0 Å². The Bertz CT molecular complexity index is 658. The molecule has 0 heterocycles. The second-order valence-electron chi connectivity index (χ2n) is 4.15. The molecule has 21 heavy (non-hydrogen) atoms. The van der Waals surface area contributed by atoms with Crippen molar-refractivity contribution in [1.29, 1.82) is 0 Å². The minimum atomic E-state index is -1.17. The van der Waals surface area contributed by atoms with Crippen LogP contribution in [0.5, 0.6) is 5.75 Å². The van der Waals surface area contributed by atoms with E-state index in [1.807, 2.05) is 6.07 Å². The second kappa shape index (κ2) is 6.76. The maximum Gasteiger partial charge on any atom is 0.339 e. The molecule has 0 aliphatic heterocycles. The monoisotopic (exact) mass is 305 g/mol. The third kappa shape index (κ3) is 4.22. The third-order valence-electron chi connectivity index (χ3n) is 2.59. The number of rotatable bonds is 5. The fourth-order valence-corrected chi connectivity index (χ4v) is 1.83. The van der Waals surface area contributed by atoms with Gasteiger partial charge in [0.15, 0.2) is 6.61 Å². The van der Waals surface area contributed by atoms with Crippen molar-refractivity contribution in [3.63, 3.8) is 0 Å². The predicted molar refractivity (Wildman–Crippen MR) is 79.0 cm³/mol. The lowest BCUT2D eigenvalue weighted by atomic mass is 10.2. The number of aromatic carboxylic acids is 1. The zero-order valence-corrected chi connectivity index (χ0v) is 11.6. The maximum absolute atomic E-state index is 11.7. The van der Waals surface area contributed by atoms with Crippen LogP contribution in [0.1, 0.15) is 10.4 Å². The molecule has 2 N–H and O–H groups in total. The van der Waals surface area contributed by atoms with Crippen LogP contribution in [0, 0.1) is 0 Å². The van der Waals surface area contributed by atoms with Gasteiger partial charge in [0, 0.05) is 10.7 Å². The molecule has 0 unspecified atom stereocenters. The van der Waals surface area contributed by atoms with E-state index in [1.54, 1.807) is 24.3 Å². The van der Waals surface area contributed by atoms with E-state index in [0.29, 0.717) is 5.69 Å². The van der Waals surface area contributed by atoms with Gasteiger partial charge in [-0.1, -0.05) is 29.8 Å². The molecule has 2 rings (SSSR count). The van der Waals surface area contributed by atoms with Gasteiger partial charge in [-0.25, -0.2) is 4.79 Å². The highest BCUT2D eigenvalue weighted by molar-refractivity contribution is 6.31. The van der Waals surface area contributed by atoms with E-state index in [1.165, 1.54) is 18.2 Å². The minimum absolute atomic E-state index is 0.0880. The molecule has 0 radical (unpaired) electrons. The molecule has 0 fully saturated rings. The first-order valence-corrected chi connectivity index (χ1v) is 6.44. The van der Waals surface area contributed by atoms with Gasteiger partial charge >= 0.3 is 5.97 Å². The van der Waals surface area contributed by atoms with Gasteiger partial charge in [0.05, 0.1) is 0 Å². The Morgan fingerprint density at radius 1 is 1.14 bits per heavy atom. The number of carbonyl (C=O) groups excluding carboxylic acids is 1. The van der Waals surface area contributed by atoms with E-state index in [-0.39, 0.29) is 28.8 Å². The van der Waals surface area contributed by atoms with Crippen LogP contribution < -0.4 is 10.1 Å². The molecular weight excluding hydrogens is 294 g/mol. The van der Waals surface area contributed by atoms with E-state index in [2.05, 4.69) is 5.32 Å². The molecule has 0 saturated carbocycles. The summed E-state index contributed by atoms with van der Waals surface area (Å²) in [5, 5.41) is 12.0. The quantitative estimate of drug-likeness (QED) is 0.890. The Morgan fingerprint density at radius 3 is 2.52 bits per heavy atom. The number of carboxylic acid groups (broad SMARTS) is 1. The molecule has 108 valence electrons. The zero-order chi connectivity index (χ0) is 15.2. The Balaban J connectivity index is 2.00. The number of ether oxygens (including phenoxy) is 1. The molecule has 0 atom stereocenters. The number of benzene rings is 2. The van der Waals surface area contributed by atoms with E-state index < -0.39 is 5.97 Å². The Kier molecular flexibility index (Phi) is 4.79. The summed E-state index contributed by atoms with van der Waals surface area (Å²) < 4.78 is 5.24. The van der Waals surface area contributed by atoms with Crippen molar-refractivity contribution in [2.45, 2.75) is 0 Å². The lowest BCUT2D eigenvalue weighted by Crippen LogP contribution is -2.20. The lowest BCUT2D eigenvalue weighted by Gasteiger charge is -2.10. The van der Waals surface area contributed by atoms with Crippen molar-refractivity contribution >= 4 is 29.2 Å². The van der Waals surface area contributed by atoms with Crippen molar-refractivity contribution in [2.75, 3.05) is 11.9 Å². The van der Waals surface area contributed by atoms with Gasteiger partial charge < -0.3 is 15.2 Å². The largest absolute Gasteiger partial charge is 0.483 e. The smallest absolute Gasteiger partial charge is 0.339 e. The number of anilines is 1. The van der Waals surface area contributed by atoms with Gasteiger partial charge in [-0.15, -0.1) is 0 Å². The van der Waals surface area contributed by atoms with E-state index in [9.17, 15) is 9.59 Å². The fourth-order valence-electron chi connectivity index (χ4n) is 1.66. The fraction of sp³-hybridized carbons (Fsp3) is 0.0667. The van der Waals surface area contributed by atoms with Crippen LogP contribution in [0.25, 0.3) is 0 Å². The topological polar surface area (TPSA) is 75.6 Å². The molecule has 0 aliphatic rings. The molecule has 2 aromatic rings. The van der Waals surface area contributed by atoms with Gasteiger partial charge in [-0.2, -0.15) is 0 Å². The van der Waals surface area contributed by atoms with Crippen LogP contribution in [0.4, 0.5) is 5.69 Å². The van der Waals surface area contributed by atoms with Crippen LogP contribution in [0.3, 0.4) is 0 Å². The number of halogens is 1. The highest BCUT2D eigenvalue weighted by Crippen LogP contribution is 2.23. The van der Waals surface area contributed by atoms with Crippen LogP contribution >= 0.6 is 11.6 Å². The number of amides is 1. The van der Waals surface area contributed by atoms with Gasteiger partial charge in [0.1, 0.15) is 11.3 Å². The molecular formula is C15H12ClNO4. The van der Waals surface area contributed by atoms with Crippen LogP contribution in [-0.4, -0.2) is 23.6 Å². The van der Waals surface area contributed by atoms with Crippen molar-refractivity contribution in [3.8, 4) is 5.75 Å². The number of hydrogen-bond acceptors (Lipinski definition) is 3. The summed E-state index contributed by atoms with van der Waals surface area (Å²) >= 11 is 5.73. The zero-order valence-electron chi connectivity index (χ0n) is 10.9. The third-order valence-corrected chi connectivity index (χ3v) is 2.82. The van der Waals surface area contributed by atoms with Crippen LogP contribution in [0.15, 0.2) is 48.5 Å². The first-order chi connectivity index (χ1) is 10.1. The summed E-state index contributed by atoms with van der Waals surface area (Å²) in [6.45, 7) is -0.295. The number of hydrogen-bond donors (Lipinski definition) is 2. The second-order valence-corrected chi connectivity index (χ2v) is 4.58. The minimum Gasteiger partial charge on any atom is -0.483 e. The molecule has 0 spiro atoms. The Hall–Kier alpha value is -2.53. The molecule has 0 saturated heterocycles. The van der Waals surface area contributed by atoms with Crippen LogP contribution in [-0.2, 0) is 4.79 Å². The first kappa shape index (κ1) is 14.9. The number of carboxylic acids is 1. The van der Waals surface area contributed by atoms with Crippen LogP contribution in [0.2, 0.25) is 5.02 Å². The van der Waals surface area contributed by atoms with Gasteiger partial charge in [0.2, 0.25) is 0 Å². The predicted octanol–water partition coefficient (Wildman–Crippen LogP) is 3.06. The highest BCUT2D eigenvalue weighted by Gasteiger charge is 2.13. The van der Waals surface area contributed by atoms with E-state index in [0.717, 1.165) is 0 Å². The number of para-hydroxylation sites is 1. The summed E-state index contributed by atoms with van der Waals surface area (Å²) in [5.41, 5.74) is 0.552. The molecule has 0 bridgehead atoms. The van der Waals surface area contributed by atoms with E-state index in [4.69, 9.17) is 21.4 Å². The summed E-state index contributed by atoms with van der Waals surface area (Å²) in [7, 11) is 0. The number of carbonyl (C=O) groups is 2. The van der Waals surface area contributed by atoms with Crippen molar-refractivity contribution in [2.24, 2.45) is 0 Å². The summed E-state index contributed by atoms with van der Waals surface area (Å²) in [5.74, 6) is -1.46. The lowest BCUT2D eigenvalue weighted by molar-refractivity contribution is -0.118. The summed E-state index contributed by atoms with van der Waals surface area (Å²) in [4.78, 5) is 22.8. The highest BCUT2D eigenvalue weighted by atomic mass is 35.5. The number of nitrogens with one attached hydrogen (secondary N) is 1. The van der Waals surface area contributed by atoms with Crippen molar-refractivity contribution < 1.29 is 19.4 Å². The SMILES string of the molecule is O=C(COc1ccc(Cl)cc1C(=O)O)Nc1ccccc1. The van der Waals surface area contributed by atoms with Gasteiger partial charge in [0.25, 0.3) is 5.91 Å². The van der Waals surface area contributed by atoms with Gasteiger partial charge in [-0.05, 0) is 30.3 Å². The molecule has 0 aliphatic carbocycles. The van der Waals surface area contributed by atoms with Gasteiger partial charge in [-0.3, -0.25) is 4.79 Å². The van der Waals surface area contributed by atoms with Crippen molar-refractivity contribution in [3.05, 3.63) is 59.1 Å². The normalized spacial score (nSPS) is 9.95. The molecule has 2 aromatic carbocycles. The summed E-state index contributed by atoms with van der Waals surface area (Å²) in [6.07, 6.45) is 0. The Labute approximate surface area is 126 Å². The Morgan fingerprint density at radius 2 is 1.86 bits per heavy atom. The standard InChI is InChI=1S/C15H12ClNO4/c16-10-6-7-13(12(8-10)15(19)20)21-9-14(18)17-11-4-2-1-3-5-11/h1-8H,9H2,(H,17,18)(H,19,20). The first-order valence-electron chi connectivity index (χ1n) is 6.07. The maximum atomic E-state index is 11.7. The average molecular weight is 306 g/mol. The van der Waals surface area contributed by atoms with E-state index >= 15 is 0 Å². The molecule has 0 aromatic heterocycles. The molecule has 5 nitrogen and oxygen atoms in total.